The zero-order chi connectivity index (χ0) is 18.7. The van der Waals surface area contributed by atoms with E-state index in [9.17, 15) is 18.0 Å². The summed E-state index contributed by atoms with van der Waals surface area (Å²) >= 11 is 0. The van der Waals surface area contributed by atoms with E-state index >= 15 is 0 Å². The van der Waals surface area contributed by atoms with Gasteiger partial charge in [0, 0.05) is 14.2 Å². The highest BCUT2D eigenvalue weighted by Crippen LogP contribution is 2.32. The summed E-state index contributed by atoms with van der Waals surface area (Å²) in [5, 5.41) is -0.882. The van der Waals surface area contributed by atoms with Crippen molar-refractivity contribution >= 4 is 21.9 Å². The van der Waals surface area contributed by atoms with Gasteiger partial charge in [0.15, 0.2) is 0 Å². The molecule has 2 unspecified atom stereocenters. The average Bonchev–Trinajstić information content (AvgIpc) is 2.76. The monoisotopic (exact) mass is 373 g/mol. The maximum absolute atomic E-state index is 12.5. The van der Waals surface area contributed by atoms with Crippen molar-refractivity contribution in [2.75, 3.05) is 40.6 Å². The third kappa shape index (κ3) is 3.78. The van der Waals surface area contributed by atoms with Crippen molar-refractivity contribution in [1.82, 2.24) is 4.31 Å². The molecule has 1 aliphatic heterocycles. The smallest absolute Gasteiger partial charge is 0.316 e. The SMILES string of the molecule is COCC(C)(COC)C(=O)OCCN1C(=O)C2C=CC=CC2S1(=O)=O. The standard InChI is InChI=1S/C16H23NO7S/c1-16(10-22-2,11-23-3)15(19)24-9-8-17-14(18)12-6-4-5-7-13(12)25(17,20)21/h4-7,12-13H,8-11H2,1-3H3. The first-order valence-corrected chi connectivity index (χ1v) is 9.34. The van der Waals surface area contributed by atoms with Gasteiger partial charge in [0.1, 0.15) is 17.3 Å². The number of ether oxygens (including phenoxy) is 3. The number of fused-ring (bicyclic) bond motifs is 1. The van der Waals surface area contributed by atoms with Crippen molar-refractivity contribution in [2.45, 2.75) is 12.2 Å². The summed E-state index contributed by atoms with van der Waals surface area (Å²) in [6.45, 7) is 1.39. The van der Waals surface area contributed by atoms with Gasteiger partial charge in [0.2, 0.25) is 15.9 Å². The summed E-state index contributed by atoms with van der Waals surface area (Å²) < 4.78 is 40.9. The lowest BCUT2D eigenvalue weighted by atomic mass is 9.93. The van der Waals surface area contributed by atoms with Crippen molar-refractivity contribution in [3.05, 3.63) is 24.3 Å². The molecule has 1 amide bonds. The number of amides is 1. The van der Waals surface area contributed by atoms with Crippen molar-refractivity contribution in [3.63, 3.8) is 0 Å². The Morgan fingerprint density at radius 3 is 2.36 bits per heavy atom. The minimum Gasteiger partial charge on any atom is -0.463 e. The zero-order valence-corrected chi connectivity index (χ0v) is 15.3. The van der Waals surface area contributed by atoms with Crippen LogP contribution in [0.1, 0.15) is 6.92 Å². The van der Waals surface area contributed by atoms with E-state index in [1.807, 2.05) is 0 Å². The highest BCUT2D eigenvalue weighted by molar-refractivity contribution is 7.91. The molecule has 0 aromatic heterocycles. The lowest BCUT2D eigenvalue weighted by molar-refractivity contribution is -0.162. The number of carbonyl (C=O) groups excluding carboxylic acids is 2. The van der Waals surface area contributed by atoms with Gasteiger partial charge < -0.3 is 14.2 Å². The molecular formula is C16H23NO7S. The van der Waals surface area contributed by atoms with Crippen LogP contribution in [-0.2, 0) is 33.8 Å². The van der Waals surface area contributed by atoms with Gasteiger partial charge in [-0.15, -0.1) is 0 Å². The van der Waals surface area contributed by atoms with Crippen LogP contribution in [0.15, 0.2) is 24.3 Å². The Hall–Kier alpha value is -1.71. The van der Waals surface area contributed by atoms with E-state index in [2.05, 4.69) is 0 Å². The Balaban J connectivity index is 1.99. The third-order valence-electron chi connectivity index (χ3n) is 4.21. The first-order chi connectivity index (χ1) is 11.8. The summed E-state index contributed by atoms with van der Waals surface area (Å²) in [5.74, 6) is -1.78. The van der Waals surface area contributed by atoms with Crippen LogP contribution in [0, 0.1) is 11.3 Å². The van der Waals surface area contributed by atoms with Gasteiger partial charge in [0.25, 0.3) is 0 Å². The second-order valence-electron chi connectivity index (χ2n) is 6.28. The summed E-state index contributed by atoms with van der Waals surface area (Å²) in [5.41, 5.74) is -1.00. The molecule has 1 aliphatic carbocycles. The van der Waals surface area contributed by atoms with E-state index in [-0.39, 0.29) is 26.4 Å². The number of allylic oxidation sites excluding steroid dienone is 2. The molecule has 1 saturated heterocycles. The molecule has 0 N–H and O–H groups in total. The normalized spacial score (nSPS) is 24.4. The molecule has 0 aromatic rings. The molecule has 0 aromatic carbocycles. The number of methoxy groups -OCH3 is 2. The Labute approximate surface area is 147 Å². The van der Waals surface area contributed by atoms with Crippen LogP contribution in [-0.4, -0.2) is 70.4 Å². The first-order valence-electron chi connectivity index (χ1n) is 7.83. The van der Waals surface area contributed by atoms with Crippen LogP contribution in [0.4, 0.5) is 0 Å². The summed E-state index contributed by atoms with van der Waals surface area (Å²) in [4.78, 5) is 24.6. The van der Waals surface area contributed by atoms with Crippen LogP contribution in [0.2, 0.25) is 0 Å². The van der Waals surface area contributed by atoms with Crippen molar-refractivity contribution in [3.8, 4) is 0 Å². The number of sulfonamides is 1. The van der Waals surface area contributed by atoms with Gasteiger partial charge in [-0.25, -0.2) is 12.7 Å². The molecule has 140 valence electrons. The predicted molar refractivity (Wildman–Crippen MR) is 89.0 cm³/mol. The molecule has 0 radical (unpaired) electrons. The van der Waals surface area contributed by atoms with E-state index < -0.39 is 38.5 Å². The quantitative estimate of drug-likeness (QED) is 0.557. The van der Waals surface area contributed by atoms with Crippen LogP contribution < -0.4 is 0 Å². The van der Waals surface area contributed by atoms with Crippen molar-refractivity contribution in [2.24, 2.45) is 11.3 Å². The fourth-order valence-electron chi connectivity index (χ4n) is 2.96. The predicted octanol–water partition coefficient (Wildman–Crippen LogP) is 0.112. The van der Waals surface area contributed by atoms with Crippen LogP contribution in [0.5, 0.6) is 0 Å². The molecule has 2 rings (SSSR count). The van der Waals surface area contributed by atoms with Gasteiger partial charge in [-0.2, -0.15) is 0 Å². The van der Waals surface area contributed by atoms with Gasteiger partial charge in [-0.3, -0.25) is 9.59 Å². The van der Waals surface area contributed by atoms with Gasteiger partial charge in [-0.1, -0.05) is 24.3 Å². The summed E-state index contributed by atoms with van der Waals surface area (Å²) in [6, 6.07) is 0. The molecule has 0 bridgehead atoms. The maximum Gasteiger partial charge on any atom is 0.316 e. The lowest BCUT2D eigenvalue weighted by Gasteiger charge is -2.26. The second-order valence-corrected chi connectivity index (χ2v) is 8.29. The fourth-order valence-corrected chi connectivity index (χ4v) is 4.82. The number of rotatable bonds is 8. The number of hydrogen-bond donors (Lipinski definition) is 0. The fraction of sp³-hybridized carbons (Fsp3) is 0.625. The zero-order valence-electron chi connectivity index (χ0n) is 14.5. The molecule has 1 fully saturated rings. The maximum atomic E-state index is 12.5. The molecule has 9 heteroatoms. The average molecular weight is 373 g/mol. The number of hydrogen-bond acceptors (Lipinski definition) is 7. The largest absolute Gasteiger partial charge is 0.463 e. The van der Waals surface area contributed by atoms with Crippen molar-refractivity contribution in [1.29, 1.82) is 0 Å². The van der Waals surface area contributed by atoms with Crippen molar-refractivity contribution < 1.29 is 32.2 Å². The minimum atomic E-state index is -3.79. The molecular weight excluding hydrogens is 350 g/mol. The van der Waals surface area contributed by atoms with E-state index in [1.54, 1.807) is 25.2 Å². The van der Waals surface area contributed by atoms with Gasteiger partial charge in [-0.05, 0) is 6.92 Å². The van der Waals surface area contributed by atoms with E-state index in [0.29, 0.717) is 0 Å². The Kier molecular flexibility index (Phi) is 6.02. The number of esters is 1. The molecule has 2 atom stereocenters. The Morgan fingerprint density at radius 2 is 1.80 bits per heavy atom. The highest BCUT2D eigenvalue weighted by Gasteiger charge is 2.50. The molecule has 0 spiro atoms. The van der Waals surface area contributed by atoms with Crippen LogP contribution >= 0.6 is 0 Å². The van der Waals surface area contributed by atoms with E-state index in [0.717, 1.165) is 4.31 Å². The summed E-state index contributed by atoms with van der Waals surface area (Å²) in [7, 11) is -0.870. The first kappa shape index (κ1) is 19.6. The lowest BCUT2D eigenvalue weighted by Crippen LogP contribution is -2.40. The highest BCUT2D eigenvalue weighted by atomic mass is 32.2. The topological polar surface area (TPSA) is 99.2 Å². The Morgan fingerprint density at radius 1 is 1.20 bits per heavy atom. The van der Waals surface area contributed by atoms with E-state index in [1.165, 1.54) is 20.3 Å². The molecule has 2 aliphatic rings. The number of nitrogens with zero attached hydrogens (tertiary/aromatic N) is 1. The van der Waals surface area contributed by atoms with Gasteiger partial charge in [0.05, 0.1) is 25.7 Å². The van der Waals surface area contributed by atoms with Gasteiger partial charge >= 0.3 is 5.97 Å². The second kappa shape index (κ2) is 7.67. The van der Waals surface area contributed by atoms with E-state index in [4.69, 9.17) is 14.2 Å². The molecule has 0 saturated carbocycles. The van der Waals surface area contributed by atoms with Crippen LogP contribution in [0.3, 0.4) is 0 Å². The Bertz CT molecular complexity index is 677. The molecule has 8 nitrogen and oxygen atoms in total. The minimum absolute atomic E-state index is 0.0976. The third-order valence-corrected chi connectivity index (χ3v) is 6.33. The van der Waals surface area contributed by atoms with Crippen LogP contribution in [0.25, 0.3) is 0 Å². The summed E-state index contributed by atoms with van der Waals surface area (Å²) in [6.07, 6.45) is 6.33. The molecule has 1 heterocycles. The number of carbonyl (C=O) groups is 2. The molecule has 25 heavy (non-hydrogen) atoms.